The Hall–Kier alpha value is -2.70. The summed E-state index contributed by atoms with van der Waals surface area (Å²) in [4.78, 5) is 37.5. The molecule has 2 atom stereocenters. The molecule has 1 amide bonds. The Bertz CT molecular complexity index is 864. The molecule has 25 heavy (non-hydrogen) atoms. The normalized spacial score (nSPS) is 22.3. The number of carbonyl (C=O) groups excluding carboxylic acids is 1. The molecule has 130 valence electrons. The molecule has 7 heteroatoms. The summed E-state index contributed by atoms with van der Waals surface area (Å²) in [5, 5.41) is 0. The van der Waals surface area contributed by atoms with Gasteiger partial charge in [-0.25, -0.2) is 9.97 Å². The lowest BCUT2D eigenvalue weighted by atomic mass is 10.0. The number of pyridine rings is 1. The van der Waals surface area contributed by atoms with Gasteiger partial charge in [0.05, 0.1) is 0 Å². The van der Waals surface area contributed by atoms with Crippen molar-refractivity contribution in [3.63, 3.8) is 0 Å². The zero-order valence-corrected chi connectivity index (χ0v) is 14.4. The summed E-state index contributed by atoms with van der Waals surface area (Å²) in [6.07, 6.45) is 3.26. The Morgan fingerprint density at radius 1 is 1.16 bits per heavy atom. The van der Waals surface area contributed by atoms with Gasteiger partial charge in [-0.3, -0.25) is 9.59 Å². The van der Waals surface area contributed by atoms with Crippen LogP contribution in [0.5, 0.6) is 0 Å². The van der Waals surface area contributed by atoms with E-state index in [1.165, 1.54) is 4.57 Å². The van der Waals surface area contributed by atoms with Crippen LogP contribution in [0, 0.1) is 18.8 Å². The number of fused-ring (bicyclic) bond motifs is 1. The average molecular weight is 339 g/mol. The van der Waals surface area contributed by atoms with E-state index in [9.17, 15) is 9.59 Å². The van der Waals surface area contributed by atoms with Crippen LogP contribution in [0.3, 0.4) is 0 Å². The standard InChI is InChI=1S/C18H21N5O2/c1-12-6-16(20-11-19-12)22-7-13-9-23(10-14(13)8-22)18(25)15-4-3-5-21(2)17(15)24/h3-6,11,13-14H,7-10H2,1-2H3. The van der Waals surface area contributed by atoms with Crippen molar-refractivity contribution in [2.75, 3.05) is 31.1 Å². The van der Waals surface area contributed by atoms with Crippen LogP contribution in [0.1, 0.15) is 16.1 Å². The lowest BCUT2D eigenvalue weighted by Crippen LogP contribution is -2.37. The number of anilines is 1. The van der Waals surface area contributed by atoms with Gasteiger partial charge in [0.15, 0.2) is 0 Å². The van der Waals surface area contributed by atoms with Crippen LogP contribution in [0.4, 0.5) is 5.82 Å². The number of hydrogen-bond acceptors (Lipinski definition) is 5. The number of nitrogens with zero attached hydrogens (tertiary/aromatic N) is 5. The van der Waals surface area contributed by atoms with Crippen LogP contribution in [-0.2, 0) is 7.05 Å². The van der Waals surface area contributed by atoms with Crippen molar-refractivity contribution >= 4 is 11.7 Å². The van der Waals surface area contributed by atoms with Crippen molar-refractivity contribution < 1.29 is 4.79 Å². The zero-order valence-electron chi connectivity index (χ0n) is 14.4. The molecule has 2 saturated heterocycles. The van der Waals surface area contributed by atoms with Crippen LogP contribution < -0.4 is 10.5 Å². The summed E-state index contributed by atoms with van der Waals surface area (Å²) in [5.74, 6) is 1.65. The summed E-state index contributed by atoms with van der Waals surface area (Å²) in [5.41, 5.74) is 0.981. The molecule has 2 aliphatic heterocycles. The van der Waals surface area contributed by atoms with Crippen molar-refractivity contribution in [3.8, 4) is 0 Å². The van der Waals surface area contributed by atoms with E-state index in [0.29, 0.717) is 24.9 Å². The first-order chi connectivity index (χ1) is 12.0. The summed E-state index contributed by atoms with van der Waals surface area (Å²) in [6.45, 7) is 5.13. The van der Waals surface area contributed by atoms with Crippen LogP contribution in [0.15, 0.2) is 35.5 Å². The van der Waals surface area contributed by atoms with Crippen LogP contribution in [0.25, 0.3) is 0 Å². The molecule has 4 rings (SSSR count). The average Bonchev–Trinajstić information content (AvgIpc) is 3.16. The number of aromatic nitrogens is 3. The molecule has 2 unspecified atom stereocenters. The molecular weight excluding hydrogens is 318 g/mol. The third-order valence-electron chi connectivity index (χ3n) is 5.24. The Morgan fingerprint density at radius 3 is 2.56 bits per heavy atom. The maximum Gasteiger partial charge on any atom is 0.263 e. The third kappa shape index (κ3) is 2.79. The second-order valence-electron chi connectivity index (χ2n) is 6.99. The fraction of sp³-hybridized carbons (Fsp3) is 0.444. The summed E-state index contributed by atoms with van der Waals surface area (Å²) in [7, 11) is 1.67. The van der Waals surface area contributed by atoms with Crippen molar-refractivity contribution in [1.29, 1.82) is 0 Å². The predicted octanol–water partition coefficient (Wildman–Crippen LogP) is 0.692. The number of rotatable bonds is 2. The number of hydrogen-bond donors (Lipinski definition) is 0. The van der Waals surface area contributed by atoms with Crippen molar-refractivity contribution in [2.24, 2.45) is 18.9 Å². The molecule has 2 fully saturated rings. The molecule has 0 radical (unpaired) electrons. The lowest BCUT2D eigenvalue weighted by Gasteiger charge is -2.22. The molecule has 0 aromatic carbocycles. The zero-order chi connectivity index (χ0) is 17.6. The van der Waals surface area contributed by atoms with Crippen LogP contribution in [-0.4, -0.2) is 51.5 Å². The largest absolute Gasteiger partial charge is 0.356 e. The molecule has 2 aliphatic rings. The van der Waals surface area contributed by atoms with Gasteiger partial charge >= 0.3 is 0 Å². The molecular formula is C18H21N5O2. The van der Waals surface area contributed by atoms with E-state index in [4.69, 9.17) is 0 Å². The molecule has 2 aromatic heterocycles. The highest BCUT2D eigenvalue weighted by Gasteiger charge is 2.42. The molecule has 0 bridgehead atoms. The Balaban J connectivity index is 1.47. The maximum atomic E-state index is 12.7. The predicted molar refractivity (Wildman–Crippen MR) is 93.5 cm³/mol. The number of likely N-dealkylation sites (tertiary alicyclic amines) is 1. The van der Waals surface area contributed by atoms with Crippen molar-refractivity contribution in [2.45, 2.75) is 6.92 Å². The molecule has 7 nitrogen and oxygen atoms in total. The molecule has 2 aromatic rings. The van der Waals surface area contributed by atoms with Gasteiger partial charge in [0.2, 0.25) is 0 Å². The topological polar surface area (TPSA) is 71.3 Å². The summed E-state index contributed by atoms with van der Waals surface area (Å²) >= 11 is 0. The second-order valence-corrected chi connectivity index (χ2v) is 6.99. The van der Waals surface area contributed by atoms with Gasteiger partial charge in [0.25, 0.3) is 11.5 Å². The van der Waals surface area contributed by atoms with Crippen LogP contribution >= 0.6 is 0 Å². The minimum Gasteiger partial charge on any atom is -0.356 e. The van der Waals surface area contributed by atoms with E-state index in [1.807, 2.05) is 17.9 Å². The first kappa shape index (κ1) is 15.8. The molecule has 0 aliphatic carbocycles. The summed E-state index contributed by atoms with van der Waals surface area (Å²) in [6, 6.07) is 5.36. The lowest BCUT2D eigenvalue weighted by molar-refractivity contribution is 0.0780. The van der Waals surface area contributed by atoms with Crippen molar-refractivity contribution in [1.82, 2.24) is 19.4 Å². The maximum absolute atomic E-state index is 12.7. The molecule has 4 heterocycles. The van der Waals surface area contributed by atoms with Gasteiger partial charge in [0.1, 0.15) is 17.7 Å². The first-order valence-electron chi connectivity index (χ1n) is 8.51. The van der Waals surface area contributed by atoms with Gasteiger partial charge < -0.3 is 14.4 Å². The van der Waals surface area contributed by atoms with E-state index in [1.54, 1.807) is 31.7 Å². The Morgan fingerprint density at radius 2 is 1.88 bits per heavy atom. The smallest absolute Gasteiger partial charge is 0.263 e. The minimum absolute atomic E-state index is 0.153. The number of amides is 1. The highest BCUT2D eigenvalue weighted by atomic mass is 16.2. The molecule has 0 N–H and O–H groups in total. The second kappa shape index (κ2) is 5.98. The van der Waals surface area contributed by atoms with E-state index < -0.39 is 0 Å². The quantitative estimate of drug-likeness (QED) is 0.805. The number of aryl methyl sites for hydroxylation is 2. The molecule has 0 spiro atoms. The molecule has 0 saturated carbocycles. The first-order valence-corrected chi connectivity index (χ1v) is 8.51. The van der Waals surface area contributed by atoms with Gasteiger partial charge in [-0.2, -0.15) is 0 Å². The Labute approximate surface area is 145 Å². The summed E-state index contributed by atoms with van der Waals surface area (Å²) < 4.78 is 1.45. The van der Waals surface area contributed by atoms with Gasteiger partial charge in [-0.05, 0) is 19.1 Å². The van der Waals surface area contributed by atoms with Crippen molar-refractivity contribution in [3.05, 3.63) is 52.3 Å². The monoisotopic (exact) mass is 339 g/mol. The minimum atomic E-state index is -0.234. The fourth-order valence-electron chi connectivity index (χ4n) is 3.89. The Kier molecular flexibility index (Phi) is 3.78. The van der Waals surface area contributed by atoms with Crippen LogP contribution in [0.2, 0.25) is 0 Å². The highest BCUT2D eigenvalue weighted by molar-refractivity contribution is 5.94. The van der Waals surface area contributed by atoms with E-state index in [2.05, 4.69) is 14.9 Å². The third-order valence-corrected chi connectivity index (χ3v) is 5.24. The SMILES string of the molecule is Cc1cc(N2CC3CN(C(=O)c4cccn(C)c4=O)CC3C2)ncn1. The van der Waals surface area contributed by atoms with E-state index in [-0.39, 0.29) is 17.0 Å². The van der Waals surface area contributed by atoms with Gasteiger partial charge in [-0.15, -0.1) is 0 Å². The van der Waals surface area contributed by atoms with E-state index in [0.717, 1.165) is 24.6 Å². The van der Waals surface area contributed by atoms with Gasteiger partial charge in [-0.1, -0.05) is 0 Å². The fourth-order valence-corrected chi connectivity index (χ4v) is 3.89. The van der Waals surface area contributed by atoms with Gasteiger partial charge in [0, 0.05) is 63.0 Å². The van der Waals surface area contributed by atoms with E-state index >= 15 is 0 Å². The number of carbonyl (C=O) groups is 1. The highest BCUT2D eigenvalue weighted by Crippen LogP contribution is 2.33.